The third kappa shape index (κ3) is 2.91. The van der Waals surface area contributed by atoms with Gasteiger partial charge in [0.1, 0.15) is 5.82 Å². The van der Waals surface area contributed by atoms with Crippen LogP contribution in [-0.4, -0.2) is 17.1 Å². The molecule has 1 saturated carbocycles. The standard InChI is InChI=1S/C12H14ClFN2O2/c13-9-5-4-7(6-10(9)14)15-16-12(18)8-2-1-3-11(8)17/h4-6,8,11,15,17H,1-3H2,(H,16,18). The molecule has 1 aromatic carbocycles. The largest absolute Gasteiger partial charge is 0.392 e. The highest BCUT2D eigenvalue weighted by Gasteiger charge is 2.31. The average molecular weight is 273 g/mol. The van der Waals surface area contributed by atoms with Crippen molar-refractivity contribution in [3.05, 3.63) is 29.0 Å². The van der Waals surface area contributed by atoms with E-state index in [0.717, 1.165) is 6.42 Å². The zero-order valence-corrected chi connectivity index (χ0v) is 10.4. The predicted octanol–water partition coefficient (Wildman–Crippen LogP) is 2.08. The fraction of sp³-hybridized carbons (Fsp3) is 0.417. The lowest BCUT2D eigenvalue weighted by Crippen LogP contribution is -2.38. The highest BCUT2D eigenvalue weighted by molar-refractivity contribution is 6.30. The van der Waals surface area contributed by atoms with Crippen LogP contribution in [0, 0.1) is 11.7 Å². The molecule has 2 unspecified atom stereocenters. The first-order valence-electron chi connectivity index (χ1n) is 5.77. The first-order chi connectivity index (χ1) is 8.58. The van der Waals surface area contributed by atoms with Gasteiger partial charge in [0.25, 0.3) is 0 Å². The van der Waals surface area contributed by atoms with E-state index in [1.54, 1.807) is 6.07 Å². The van der Waals surface area contributed by atoms with Crippen LogP contribution in [0.5, 0.6) is 0 Å². The summed E-state index contributed by atoms with van der Waals surface area (Å²) in [6.07, 6.45) is 1.57. The topological polar surface area (TPSA) is 61.4 Å². The third-order valence-corrected chi connectivity index (χ3v) is 3.37. The molecule has 0 heterocycles. The Hall–Kier alpha value is -1.33. The van der Waals surface area contributed by atoms with Gasteiger partial charge in [-0.2, -0.15) is 0 Å². The summed E-state index contributed by atoms with van der Waals surface area (Å²) in [5, 5.41) is 9.60. The number of hydrazine groups is 1. The molecule has 0 radical (unpaired) electrons. The molecule has 1 aliphatic carbocycles. The number of hydrogen-bond donors (Lipinski definition) is 3. The number of benzene rings is 1. The lowest BCUT2D eigenvalue weighted by Gasteiger charge is -2.15. The van der Waals surface area contributed by atoms with Gasteiger partial charge in [0.05, 0.1) is 22.7 Å². The average Bonchev–Trinajstić information content (AvgIpc) is 2.77. The maximum atomic E-state index is 13.1. The Morgan fingerprint density at radius 3 is 2.83 bits per heavy atom. The van der Waals surface area contributed by atoms with Crippen LogP contribution in [0.2, 0.25) is 5.02 Å². The fourth-order valence-electron chi connectivity index (χ4n) is 2.05. The van der Waals surface area contributed by atoms with Gasteiger partial charge in [0, 0.05) is 6.07 Å². The first kappa shape index (κ1) is 13.1. The lowest BCUT2D eigenvalue weighted by atomic mass is 10.1. The molecule has 2 atom stereocenters. The molecule has 0 spiro atoms. The predicted molar refractivity (Wildman–Crippen MR) is 66.5 cm³/mol. The summed E-state index contributed by atoms with van der Waals surface area (Å²) in [4.78, 5) is 11.7. The van der Waals surface area contributed by atoms with Gasteiger partial charge in [-0.25, -0.2) is 4.39 Å². The molecule has 6 heteroatoms. The van der Waals surface area contributed by atoms with Crippen LogP contribution in [0.4, 0.5) is 10.1 Å². The third-order valence-electron chi connectivity index (χ3n) is 3.07. The van der Waals surface area contributed by atoms with Crippen LogP contribution in [0.25, 0.3) is 0 Å². The van der Waals surface area contributed by atoms with E-state index in [9.17, 15) is 14.3 Å². The highest BCUT2D eigenvalue weighted by Crippen LogP contribution is 2.25. The number of aliphatic hydroxyl groups is 1. The van der Waals surface area contributed by atoms with Crippen LogP contribution in [-0.2, 0) is 4.79 Å². The summed E-state index contributed by atoms with van der Waals surface area (Å²) in [6.45, 7) is 0. The maximum absolute atomic E-state index is 13.1. The molecule has 1 fully saturated rings. The summed E-state index contributed by atoms with van der Waals surface area (Å²) < 4.78 is 13.1. The number of anilines is 1. The fourth-order valence-corrected chi connectivity index (χ4v) is 2.16. The van der Waals surface area contributed by atoms with E-state index in [4.69, 9.17) is 11.6 Å². The molecule has 18 heavy (non-hydrogen) atoms. The Bertz CT molecular complexity index is 456. The van der Waals surface area contributed by atoms with E-state index in [2.05, 4.69) is 10.9 Å². The molecule has 0 aliphatic heterocycles. The second-order valence-electron chi connectivity index (χ2n) is 4.35. The second-order valence-corrected chi connectivity index (χ2v) is 4.76. The molecule has 3 N–H and O–H groups in total. The number of carbonyl (C=O) groups is 1. The maximum Gasteiger partial charge on any atom is 0.244 e. The number of aliphatic hydroxyl groups excluding tert-OH is 1. The monoisotopic (exact) mass is 272 g/mol. The Labute approximate surface area is 109 Å². The van der Waals surface area contributed by atoms with E-state index >= 15 is 0 Å². The second kappa shape index (κ2) is 5.54. The van der Waals surface area contributed by atoms with Gasteiger partial charge in [-0.15, -0.1) is 0 Å². The summed E-state index contributed by atoms with van der Waals surface area (Å²) in [6, 6.07) is 4.14. The SMILES string of the molecule is O=C(NNc1ccc(Cl)c(F)c1)C1CCCC1O. The zero-order chi connectivity index (χ0) is 13.1. The number of amides is 1. The van der Waals surface area contributed by atoms with Gasteiger partial charge in [0.15, 0.2) is 0 Å². The van der Waals surface area contributed by atoms with E-state index < -0.39 is 17.8 Å². The van der Waals surface area contributed by atoms with Crippen LogP contribution >= 0.6 is 11.6 Å². The van der Waals surface area contributed by atoms with Crippen LogP contribution in [0.1, 0.15) is 19.3 Å². The molecule has 2 rings (SSSR count). The summed E-state index contributed by atoms with van der Waals surface area (Å²) in [5.74, 6) is -1.23. The number of nitrogens with one attached hydrogen (secondary N) is 2. The van der Waals surface area contributed by atoms with Crippen molar-refractivity contribution in [1.82, 2.24) is 5.43 Å². The van der Waals surface area contributed by atoms with Crippen molar-refractivity contribution in [3.63, 3.8) is 0 Å². The quantitative estimate of drug-likeness (QED) is 0.739. The highest BCUT2D eigenvalue weighted by atomic mass is 35.5. The van der Waals surface area contributed by atoms with Crippen LogP contribution in [0.3, 0.4) is 0 Å². The van der Waals surface area contributed by atoms with Crippen LogP contribution < -0.4 is 10.9 Å². The van der Waals surface area contributed by atoms with Gasteiger partial charge >= 0.3 is 0 Å². The Kier molecular flexibility index (Phi) is 4.04. The lowest BCUT2D eigenvalue weighted by molar-refractivity contribution is -0.126. The molecule has 0 aromatic heterocycles. The molecule has 4 nitrogen and oxygen atoms in total. The molecule has 1 aliphatic rings. The summed E-state index contributed by atoms with van der Waals surface area (Å²) in [5.41, 5.74) is 5.46. The summed E-state index contributed by atoms with van der Waals surface area (Å²) >= 11 is 5.54. The minimum Gasteiger partial charge on any atom is -0.392 e. The minimum atomic E-state index is -0.589. The molecule has 1 amide bonds. The van der Waals surface area contributed by atoms with Gasteiger partial charge in [0.2, 0.25) is 5.91 Å². The number of rotatable bonds is 3. The Morgan fingerprint density at radius 1 is 1.44 bits per heavy atom. The molecular weight excluding hydrogens is 259 g/mol. The van der Waals surface area contributed by atoms with Crippen molar-refractivity contribution >= 4 is 23.2 Å². The first-order valence-corrected chi connectivity index (χ1v) is 6.14. The van der Waals surface area contributed by atoms with Gasteiger partial charge in [-0.05, 0) is 31.4 Å². The molecule has 0 bridgehead atoms. The van der Waals surface area contributed by atoms with Crippen molar-refractivity contribution in [2.24, 2.45) is 5.92 Å². The van der Waals surface area contributed by atoms with Crippen molar-refractivity contribution in [2.75, 3.05) is 5.43 Å². The molecular formula is C12H14ClFN2O2. The summed E-state index contributed by atoms with van der Waals surface area (Å²) in [7, 11) is 0. The van der Waals surface area contributed by atoms with Crippen molar-refractivity contribution in [1.29, 1.82) is 0 Å². The normalized spacial score (nSPS) is 22.8. The van der Waals surface area contributed by atoms with Gasteiger partial charge < -0.3 is 5.11 Å². The van der Waals surface area contributed by atoms with E-state index in [1.807, 2.05) is 0 Å². The van der Waals surface area contributed by atoms with Crippen molar-refractivity contribution in [3.8, 4) is 0 Å². The zero-order valence-electron chi connectivity index (χ0n) is 9.62. The Morgan fingerprint density at radius 2 is 2.22 bits per heavy atom. The number of carbonyl (C=O) groups excluding carboxylic acids is 1. The van der Waals surface area contributed by atoms with Crippen molar-refractivity contribution in [2.45, 2.75) is 25.4 Å². The smallest absolute Gasteiger partial charge is 0.244 e. The van der Waals surface area contributed by atoms with E-state index in [-0.39, 0.29) is 10.9 Å². The van der Waals surface area contributed by atoms with Crippen LogP contribution in [0.15, 0.2) is 18.2 Å². The Balaban J connectivity index is 1.91. The number of halogens is 2. The number of hydrogen-bond acceptors (Lipinski definition) is 3. The van der Waals surface area contributed by atoms with Gasteiger partial charge in [-0.3, -0.25) is 15.6 Å². The molecule has 98 valence electrons. The molecule has 1 aromatic rings. The van der Waals surface area contributed by atoms with E-state index in [1.165, 1.54) is 12.1 Å². The molecule has 0 saturated heterocycles. The van der Waals surface area contributed by atoms with Crippen molar-refractivity contribution < 1.29 is 14.3 Å². The van der Waals surface area contributed by atoms with Gasteiger partial charge in [-0.1, -0.05) is 11.6 Å². The van der Waals surface area contributed by atoms with E-state index in [0.29, 0.717) is 18.5 Å². The minimum absolute atomic E-state index is 0.0260.